The van der Waals surface area contributed by atoms with Crippen LogP contribution in [0.2, 0.25) is 0 Å². The second kappa shape index (κ2) is 11.3. The SMILES string of the molecule is CCCCCCCCCNC(CCl)c1ccccc1. The summed E-state index contributed by atoms with van der Waals surface area (Å²) >= 11 is 6.04. The molecule has 0 aliphatic heterocycles. The monoisotopic (exact) mass is 281 g/mol. The van der Waals surface area contributed by atoms with Gasteiger partial charge in [-0.1, -0.05) is 75.8 Å². The third kappa shape index (κ3) is 7.59. The quantitative estimate of drug-likeness (QED) is 0.428. The summed E-state index contributed by atoms with van der Waals surface area (Å²) in [5.74, 6) is 0.639. The first-order valence-corrected chi connectivity index (χ1v) is 8.26. The molecule has 0 aromatic heterocycles. The highest BCUT2D eigenvalue weighted by Gasteiger charge is 2.07. The number of hydrogen-bond acceptors (Lipinski definition) is 1. The average molecular weight is 282 g/mol. The van der Waals surface area contributed by atoms with E-state index in [1.54, 1.807) is 0 Å². The van der Waals surface area contributed by atoms with E-state index in [-0.39, 0.29) is 0 Å². The molecule has 1 nitrogen and oxygen atoms in total. The van der Waals surface area contributed by atoms with E-state index in [0.29, 0.717) is 11.9 Å². The second-order valence-electron chi connectivity index (χ2n) is 5.19. The molecule has 2 heteroatoms. The standard InChI is InChI=1S/C17H28ClN/c1-2-3-4-5-6-7-11-14-19-17(15-18)16-12-9-8-10-13-16/h8-10,12-13,17,19H,2-7,11,14-15H2,1H3. The van der Waals surface area contributed by atoms with Gasteiger partial charge in [0.2, 0.25) is 0 Å². The van der Waals surface area contributed by atoms with Gasteiger partial charge in [0.15, 0.2) is 0 Å². The molecule has 1 N–H and O–H groups in total. The predicted molar refractivity (Wildman–Crippen MR) is 85.9 cm³/mol. The molecular formula is C17H28ClN. The van der Waals surface area contributed by atoms with Crippen LogP contribution in [0.1, 0.15) is 63.5 Å². The maximum atomic E-state index is 6.04. The van der Waals surface area contributed by atoms with Crippen LogP contribution in [0.5, 0.6) is 0 Å². The Morgan fingerprint density at radius 1 is 0.947 bits per heavy atom. The molecule has 1 aromatic rings. The van der Waals surface area contributed by atoms with E-state index in [2.05, 4.69) is 36.5 Å². The molecule has 1 aromatic carbocycles. The van der Waals surface area contributed by atoms with Gasteiger partial charge >= 0.3 is 0 Å². The van der Waals surface area contributed by atoms with E-state index < -0.39 is 0 Å². The molecule has 0 fully saturated rings. The van der Waals surface area contributed by atoms with Crippen molar-refractivity contribution in [1.29, 1.82) is 0 Å². The number of unbranched alkanes of at least 4 members (excludes halogenated alkanes) is 6. The summed E-state index contributed by atoms with van der Waals surface area (Å²) in [6, 6.07) is 10.8. The molecular weight excluding hydrogens is 254 g/mol. The van der Waals surface area contributed by atoms with Crippen molar-refractivity contribution in [3.63, 3.8) is 0 Å². The van der Waals surface area contributed by atoms with Crippen LogP contribution in [0.25, 0.3) is 0 Å². The zero-order valence-corrected chi connectivity index (χ0v) is 13.0. The van der Waals surface area contributed by atoms with Crippen molar-refractivity contribution in [3.05, 3.63) is 35.9 Å². The summed E-state index contributed by atoms with van der Waals surface area (Å²) in [7, 11) is 0. The maximum absolute atomic E-state index is 6.04. The van der Waals surface area contributed by atoms with Gasteiger partial charge in [0, 0.05) is 11.9 Å². The minimum atomic E-state index is 0.294. The summed E-state index contributed by atoms with van der Waals surface area (Å²) in [6.45, 7) is 3.33. The van der Waals surface area contributed by atoms with E-state index >= 15 is 0 Å². The molecule has 0 spiro atoms. The minimum Gasteiger partial charge on any atom is -0.309 e. The zero-order chi connectivity index (χ0) is 13.8. The first kappa shape index (κ1) is 16.5. The van der Waals surface area contributed by atoms with Crippen molar-refractivity contribution in [2.45, 2.75) is 57.9 Å². The minimum absolute atomic E-state index is 0.294. The van der Waals surface area contributed by atoms with Crippen LogP contribution in [0.4, 0.5) is 0 Å². The van der Waals surface area contributed by atoms with E-state index in [1.165, 1.54) is 50.5 Å². The average Bonchev–Trinajstić information content (AvgIpc) is 2.47. The number of rotatable bonds is 11. The van der Waals surface area contributed by atoms with Crippen LogP contribution in [-0.4, -0.2) is 12.4 Å². The molecule has 0 aliphatic carbocycles. The number of benzene rings is 1. The highest BCUT2D eigenvalue weighted by Crippen LogP contribution is 2.14. The Morgan fingerprint density at radius 2 is 1.58 bits per heavy atom. The van der Waals surface area contributed by atoms with Crippen LogP contribution in [0.15, 0.2) is 30.3 Å². The maximum Gasteiger partial charge on any atom is 0.0457 e. The molecule has 0 bridgehead atoms. The van der Waals surface area contributed by atoms with Crippen LogP contribution < -0.4 is 5.32 Å². The van der Waals surface area contributed by atoms with Gasteiger partial charge in [0.1, 0.15) is 0 Å². The van der Waals surface area contributed by atoms with Crippen molar-refractivity contribution >= 4 is 11.6 Å². The van der Waals surface area contributed by atoms with Gasteiger partial charge in [-0.3, -0.25) is 0 Å². The summed E-state index contributed by atoms with van der Waals surface area (Å²) in [5, 5.41) is 3.56. The number of hydrogen-bond donors (Lipinski definition) is 1. The molecule has 1 unspecified atom stereocenters. The Bertz CT molecular complexity index is 299. The molecule has 1 atom stereocenters. The topological polar surface area (TPSA) is 12.0 Å². The zero-order valence-electron chi connectivity index (χ0n) is 12.2. The Kier molecular flexibility index (Phi) is 9.84. The van der Waals surface area contributed by atoms with Gasteiger partial charge in [0.05, 0.1) is 0 Å². The lowest BCUT2D eigenvalue weighted by atomic mass is 10.1. The number of nitrogens with one attached hydrogen (secondary N) is 1. The van der Waals surface area contributed by atoms with Crippen LogP contribution >= 0.6 is 11.6 Å². The first-order valence-electron chi connectivity index (χ1n) is 7.72. The molecule has 0 saturated carbocycles. The summed E-state index contributed by atoms with van der Waals surface area (Å²) in [4.78, 5) is 0. The van der Waals surface area contributed by atoms with Crippen molar-refractivity contribution in [1.82, 2.24) is 5.32 Å². The van der Waals surface area contributed by atoms with E-state index in [9.17, 15) is 0 Å². The van der Waals surface area contributed by atoms with Crippen LogP contribution in [-0.2, 0) is 0 Å². The fraction of sp³-hybridized carbons (Fsp3) is 0.647. The lowest BCUT2D eigenvalue weighted by Gasteiger charge is -2.16. The number of alkyl halides is 1. The van der Waals surface area contributed by atoms with Gasteiger partial charge in [-0.05, 0) is 18.5 Å². The fourth-order valence-corrected chi connectivity index (χ4v) is 2.59. The van der Waals surface area contributed by atoms with Gasteiger partial charge in [0.25, 0.3) is 0 Å². The normalized spacial score (nSPS) is 12.5. The molecule has 0 aliphatic rings. The Hall–Kier alpha value is -0.530. The van der Waals surface area contributed by atoms with E-state index in [1.807, 2.05) is 6.07 Å². The molecule has 19 heavy (non-hydrogen) atoms. The van der Waals surface area contributed by atoms with Crippen molar-refractivity contribution < 1.29 is 0 Å². The molecule has 0 radical (unpaired) electrons. The highest BCUT2D eigenvalue weighted by molar-refractivity contribution is 6.18. The predicted octanol–water partition coefficient (Wildman–Crippen LogP) is 5.31. The summed E-state index contributed by atoms with van der Waals surface area (Å²) < 4.78 is 0. The second-order valence-corrected chi connectivity index (χ2v) is 5.50. The Labute approximate surface area is 123 Å². The van der Waals surface area contributed by atoms with Gasteiger partial charge < -0.3 is 5.32 Å². The number of halogens is 1. The van der Waals surface area contributed by atoms with Crippen molar-refractivity contribution in [2.75, 3.05) is 12.4 Å². The van der Waals surface area contributed by atoms with Crippen LogP contribution in [0.3, 0.4) is 0 Å². The van der Waals surface area contributed by atoms with Crippen LogP contribution in [0, 0.1) is 0 Å². The summed E-state index contributed by atoms with van der Waals surface area (Å²) in [6.07, 6.45) is 9.48. The Morgan fingerprint density at radius 3 is 2.21 bits per heavy atom. The van der Waals surface area contributed by atoms with Crippen molar-refractivity contribution in [2.24, 2.45) is 0 Å². The molecule has 108 valence electrons. The molecule has 0 heterocycles. The third-order valence-electron chi connectivity index (χ3n) is 3.53. The molecule has 0 saturated heterocycles. The fourth-order valence-electron chi connectivity index (χ4n) is 2.31. The van der Waals surface area contributed by atoms with Crippen molar-refractivity contribution in [3.8, 4) is 0 Å². The lowest BCUT2D eigenvalue weighted by Crippen LogP contribution is -2.23. The van der Waals surface area contributed by atoms with E-state index in [4.69, 9.17) is 11.6 Å². The highest BCUT2D eigenvalue weighted by atomic mass is 35.5. The summed E-state index contributed by atoms with van der Waals surface area (Å²) in [5.41, 5.74) is 1.29. The Balaban J connectivity index is 2.07. The largest absolute Gasteiger partial charge is 0.309 e. The lowest BCUT2D eigenvalue weighted by molar-refractivity contribution is 0.526. The van der Waals surface area contributed by atoms with E-state index in [0.717, 1.165) is 6.54 Å². The first-order chi connectivity index (χ1) is 9.38. The smallest absolute Gasteiger partial charge is 0.0457 e. The van der Waals surface area contributed by atoms with Gasteiger partial charge in [-0.2, -0.15) is 0 Å². The van der Waals surface area contributed by atoms with Gasteiger partial charge in [-0.25, -0.2) is 0 Å². The van der Waals surface area contributed by atoms with Gasteiger partial charge in [-0.15, -0.1) is 11.6 Å². The molecule has 1 rings (SSSR count). The third-order valence-corrected chi connectivity index (χ3v) is 3.84. The molecule has 0 amide bonds.